The third kappa shape index (κ3) is 4.80. The number of nitrogens with zero attached hydrogens (tertiary/aromatic N) is 1. The van der Waals surface area contributed by atoms with E-state index in [9.17, 15) is 9.59 Å². The molecule has 150 valence electrons. The number of carbonyl (C=O) groups is 2. The van der Waals surface area contributed by atoms with Gasteiger partial charge in [0.15, 0.2) is 5.78 Å². The van der Waals surface area contributed by atoms with Gasteiger partial charge in [-0.15, -0.1) is 0 Å². The molecule has 0 aliphatic carbocycles. The molecular formula is C24H31NO3. The summed E-state index contributed by atoms with van der Waals surface area (Å²) in [6.45, 7) is 11.8. The van der Waals surface area contributed by atoms with Gasteiger partial charge in [-0.2, -0.15) is 0 Å². The topological polar surface area (TPSA) is 46.6 Å². The van der Waals surface area contributed by atoms with Crippen molar-refractivity contribution in [2.75, 3.05) is 13.7 Å². The first-order valence-electron chi connectivity index (χ1n) is 9.67. The van der Waals surface area contributed by atoms with E-state index >= 15 is 0 Å². The van der Waals surface area contributed by atoms with Gasteiger partial charge in [0, 0.05) is 22.2 Å². The zero-order chi connectivity index (χ0) is 21.1. The molecule has 0 radical (unpaired) electrons. The molecule has 0 spiro atoms. The van der Waals surface area contributed by atoms with Crippen LogP contribution in [0.3, 0.4) is 0 Å². The first-order chi connectivity index (χ1) is 13.1. The van der Waals surface area contributed by atoms with Crippen molar-refractivity contribution in [3.05, 3.63) is 64.2 Å². The molecule has 0 heterocycles. The number of ketones is 1. The molecular weight excluding hydrogens is 350 g/mol. The lowest BCUT2D eigenvalue weighted by Crippen LogP contribution is -2.48. The Labute approximate surface area is 168 Å². The fourth-order valence-electron chi connectivity index (χ4n) is 3.48. The number of benzene rings is 2. The van der Waals surface area contributed by atoms with E-state index in [4.69, 9.17) is 4.74 Å². The molecule has 2 aromatic rings. The van der Waals surface area contributed by atoms with E-state index in [1.54, 1.807) is 12.0 Å². The number of rotatable bonds is 6. The van der Waals surface area contributed by atoms with Gasteiger partial charge >= 0.3 is 0 Å². The molecule has 1 amide bonds. The Bertz CT molecular complexity index is 858. The highest BCUT2D eigenvalue weighted by Crippen LogP contribution is 2.25. The summed E-state index contributed by atoms with van der Waals surface area (Å²) in [5.41, 5.74) is 3.68. The maximum Gasteiger partial charge on any atom is 0.254 e. The van der Waals surface area contributed by atoms with E-state index in [-0.39, 0.29) is 18.2 Å². The predicted molar refractivity (Wildman–Crippen MR) is 113 cm³/mol. The quantitative estimate of drug-likeness (QED) is 0.662. The van der Waals surface area contributed by atoms with Crippen LogP contribution in [0.5, 0.6) is 5.75 Å². The van der Waals surface area contributed by atoms with Crippen LogP contribution in [0.2, 0.25) is 0 Å². The summed E-state index contributed by atoms with van der Waals surface area (Å²) >= 11 is 0. The molecule has 4 heteroatoms. The van der Waals surface area contributed by atoms with Crippen LogP contribution >= 0.6 is 0 Å². The second-order valence-corrected chi connectivity index (χ2v) is 8.20. The van der Waals surface area contributed by atoms with E-state index < -0.39 is 5.54 Å². The second-order valence-electron chi connectivity index (χ2n) is 8.20. The highest BCUT2D eigenvalue weighted by molar-refractivity contribution is 6.03. The molecule has 4 nitrogen and oxygen atoms in total. The SMILES string of the molecule is CCc1c(OC)cccc1C(=O)CN(C(=O)c1cc(C)cc(C)c1)C(C)(C)C. The van der Waals surface area contributed by atoms with Crippen molar-refractivity contribution in [2.24, 2.45) is 0 Å². The molecule has 0 unspecified atom stereocenters. The summed E-state index contributed by atoms with van der Waals surface area (Å²) in [5, 5.41) is 0. The maximum absolute atomic E-state index is 13.3. The van der Waals surface area contributed by atoms with Crippen LogP contribution in [0.15, 0.2) is 36.4 Å². The van der Waals surface area contributed by atoms with Gasteiger partial charge in [-0.25, -0.2) is 0 Å². The fraction of sp³-hybridized carbons (Fsp3) is 0.417. The average molecular weight is 382 g/mol. The lowest BCUT2D eigenvalue weighted by molar-refractivity contribution is 0.0547. The lowest BCUT2D eigenvalue weighted by atomic mass is 9.97. The highest BCUT2D eigenvalue weighted by atomic mass is 16.5. The van der Waals surface area contributed by atoms with Crippen molar-refractivity contribution in [3.8, 4) is 5.75 Å². The minimum absolute atomic E-state index is 0.0233. The number of ether oxygens (including phenoxy) is 1. The second kappa shape index (κ2) is 8.59. The van der Waals surface area contributed by atoms with E-state index in [1.807, 2.05) is 77.9 Å². The number of hydrogen-bond acceptors (Lipinski definition) is 3. The number of aryl methyl sites for hydroxylation is 2. The molecule has 2 rings (SSSR count). The molecule has 0 aliphatic rings. The van der Waals surface area contributed by atoms with Crippen molar-refractivity contribution in [1.82, 2.24) is 4.90 Å². The zero-order valence-electron chi connectivity index (χ0n) is 18.1. The molecule has 0 saturated carbocycles. The van der Waals surface area contributed by atoms with Gasteiger partial charge in [-0.1, -0.05) is 36.2 Å². The first kappa shape index (κ1) is 21.7. The Hall–Kier alpha value is -2.62. The van der Waals surface area contributed by atoms with E-state index in [0.29, 0.717) is 23.3 Å². The largest absolute Gasteiger partial charge is 0.496 e. The predicted octanol–water partition coefficient (Wildman–Crippen LogP) is 5.00. The molecule has 2 aromatic carbocycles. The summed E-state index contributed by atoms with van der Waals surface area (Å²) in [6, 6.07) is 11.3. The minimum atomic E-state index is -0.490. The van der Waals surface area contributed by atoms with Gasteiger partial charge in [-0.05, 0) is 59.2 Å². The summed E-state index contributed by atoms with van der Waals surface area (Å²) in [6.07, 6.45) is 0.686. The Morgan fingerprint density at radius 3 is 2.14 bits per heavy atom. The van der Waals surface area contributed by atoms with Crippen LogP contribution in [0.4, 0.5) is 0 Å². The third-order valence-electron chi connectivity index (χ3n) is 4.83. The number of amides is 1. The number of carbonyl (C=O) groups excluding carboxylic acids is 2. The molecule has 28 heavy (non-hydrogen) atoms. The molecule has 0 saturated heterocycles. The lowest BCUT2D eigenvalue weighted by Gasteiger charge is -2.35. The Kier molecular flexibility index (Phi) is 6.65. The van der Waals surface area contributed by atoms with Gasteiger partial charge in [0.05, 0.1) is 13.7 Å². The summed E-state index contributed by atoms with van der Waals surface area (Å²) in [7, 11) is 1.60. The molecule has 0 bridgehead atoms. The van der Waals surface area contributed by atoms with Crippen molar-refractivity contribution in [2.45, 2.75) is 53.5 Å². The Morgan fingerprint density at radius 1 is 1.04 bits per heavy atom. The van der Waals surface area contributed by atoms with Gasteiger partial charge in [0.1, 0.15) is 5.75 Å². The molecule has 0 aliphatic heterocycles. The van der Waals surface area contributed by atoms with Crippen LogP contribution in [0.25, 0.3) is 0 Å². The van der Waals surface area contributed by atoms with Gasteiger partial charge in [-0.3, -0.25) is 9.59 Å². The summed E-state index contributed by atoms with van der Waals surface area (Å²) in [4.78, 5) is 28.1. The molecule has 0 fully saturated rings. The molecule has 0 N–H and O–H groups in total. The zero-order valence-corrected chi connectivity index (χ0v) is 18.1. The number of hydrogen-bond donors (Lipinski definition) is 0. The monoisotopic (exact) mass is 381 g/mol. The summed E-state index contributed by atoms with van der Waals surface area (Å²) < 4.78 is 5.41. The van der Waals surface area contributed by atoms with Crippen LogP contribution in [-0.4, -0.2) is 35.8 Å². The Balaban J connectivity index is 2.41. The van der Waals surface area contributed by atoms with Gasteiger partial charge in [0.2, 0.25) is 0 Å². The van der Waals surface area contributed by atoms with Gasteiger partial charge in [0.25, 0.3) is 5.91 Å². The number of methoxy groups -OCH3 is 1. The Morgan fingerprint density at radius 2 is 1.64 bits per heavy atom. The smallest absolute Gasteiger partial charge is 0.254 e. The van der Waals surface area contributed by atoms with Crippen molar-refractivity contribution < 1.29 is 14.3 Å². The summed E-state index contributed by atoms with van der Waals surface area (Å²) in [5.74, 6) is 0.494. The minimum Gasteiger partial charge on any atom is -0.496 e. The van der Waals surface area contributed by atoms with Crippen molar-refractivity contribution >= 4 is 11.7 Å². The van der Waals surface area contributed by atoms with Crippen LogP contribution in [0.1, 0.15) is 65.1 Å². The highest BCUT2D eigenvalue weighted by Gasteiger charge is 2.30. The molecule has 0 atom stereocenters. The van der Waals surface area contributed by atoms with Gasteiger partial charge < -0.3 is 9.64 Å². The fourth-order valence-corrected chi connectivity index (χ4v) is 3.48. The standard InChI is InChI=1S/C24H31NO3/c1-8-19-20(10-9-11-22(19)28-7)21(26)15-25(24(4,5)6)23(27)18-13-16(2)12-17(3)14-18/h9-14H,8,15H2,1-7H3. The van der Waals surface area contributed by atoms with E-state index in [0.717, 1.165) is 16.7 Å². The van der Waals surface area contributed by atoms with E-state index in [1.165, 1.54) is 0 Å². The number of Topliss-reactive ketones (excluding diaryl/α,β-unsaturated/α-hetero) is 1. The van der Waals surface area contributed by atoms with Crippen molar-refractivity contribution in [3.63, 3.8) is 0 Å². The maximum atomic E-state index is 13.3. The van der Waals surface area contributed by atoms with Crippen LogP contribution in [0, 0.1) is 13.8 Å². The van der Waals surface area contributed by atoms with Crippen molar-refractivity contribution in [1.29, 1.82) is 0 Å². The average Bonchev–Trinajstić information content (AvgIpc) is 2.62. The molecule has 0 aromatic heterocycles. The van der Waals surface area contributed by atoms with E-state index in [2.05, 4.69) is 0 Å². The van der Waals surface area contributed by atoms with Crippen LogP contribution < -0.4 is 4.74 Å². The first-order valence-corrected chi connectivity index (χ1v) is 9.67. The third-order valence-corrected chi connectivity index (χ3v) is 4.83. The normalized spacial score (nSPS) is 11.2. The van der Waals surface area contributed by atoms with Crippen LogP contribution in [-0.2, 0) is 6.42 Å².